The van der Waals surface area contributed by atoms with Crippen LogP contribution in [0.15, 0.2) is 48.5 Å². The van der Waals surface area contributed by atoms with Crippen LogP contribution in [-0.2, 0) is 17.9 Å². The number of rotatable bonds is 5. The molecular formula is C19H19N3O. The molecule has 0 unspecified atom stereocenters. The molecule has 1 heterocycles. The normalized spacial score (nSPS) is 14.0. The Balaban J connectivity index is 1.52. The number of nitriles is 1. The summed E-state index contributed by atoms with van der Waals surface area (Å²) in [7, 11) is 0. The fourth-order valence-electron chi connectivity index (χ4n) is 2.76. The van der Waals surface area contributed by atoms with E-state index in [1.807, 2.05) is 41.3 Å². The first-order valence-electron chi connectivity index (χ1n) is 7.85. The van der Waals surface area contributed by atoms with Gasteiger partial charge in [0.25, 0.3) is 0 Å². The van der Waals surface area contributed by atoms with Gasteiger partial charge in [-0.15, -0.1) is 0 Å². The maximum Gasteiger partial charge on any atom is 0.227 e. The zero-order valence-corrected chi connectivity index (χ0v) is 13.0. The summed E-state index contributed by atoms with van der Waals surface area (Å²) in [5.74, 6) is 0.219. The third-order valence-electron chi connectivity index (χ3n) is 4.06. The molecular weight excluding hydrogens is 286 g/mol. The summed E-state index contributed by atoms with van der Waals surface area (Å²) in [6.07, 6.45) is 1.61. The van der Waals surface area contributed by atoms with Gasteiger partial charge >= 0.3 is 0 Å². The third-order valence-corrected chi connectivity index (χ3v) is 4.06. The summed E-state index contributed by atoms with van der Waals surface area (Å²) in [4.78, 5) is 13.6. The van der Waals surface area contributed by atoms with Crippen molar-refractivity contribution in [2.75, 3.05) is 11.4 Å². The largest absolute Gasteiger partial charge is 0.312 e. The first kappa shape index (κ1) is 15.3. The summed E-state index contributed by atoms with van der Waals surface area (Å²) in [5, 5.41) is 12.2. The Labute approximate surface area is 136 Å². The number of hydrogen-bond acceptors (Lipinski definition) is 3. The molecule has 2 aromatic rings. The van der Waals surface area contributed by atoms with Crippen LogP contribution in [0, 0.1) is 11.3 Å². The Morgan fingerprint density at radius 1 is 1.00 bits per heavy atom. The van der Waals surface area contributed by atoms with E-state index in [1.54, 1.807) is 0 Å². The summed E-state index contributed by atoms with van der Waals surface area (Å²) >= 11 is 0. The average molecular weight is 305 g/mol. The fraction of sp³-hybridized carbons (Fsp3) is 0.263. The van der Waals surface area contributed by atoms with Crippen LogP contribution in [0.5, 0.6) is 0 Å². The lowest BCUT2D eigenvalue weighted by molar-refractivity contribution is -0.117. The van der Waals surface area contributed by atoms with E-state index in [0.717, 1.165) is 37.3 Å². The van der Waals surface area contributed by atoms with Crippen molar-refractivity contribution in [1.29, 1.82) is 5.26 Å². The summed E-state index contributed by atoms with van der Waals surface area (Å²) in [5.41, 5.74) is 4.02. The molecule has 1 saturated heterocycles. The van der Waals surface area contributed by atoms with Crippen molar-refractivity contribution in [3.05, 3.63) is 65.2 Å². The second-order valence-corrected chi connectivity index (χ2v) is 5.73. The number of carbonyl (C=O) groups is 1. The molecule has 3 rings (SSSR count). The average Bonchev–Trinajstić information content (AvgIpc) is 3.02. The molecule has 1 amide bonds. The molecule has 2 aromatic carbocycles. The molecule has 1 N–H and O–H groups in total. The molecule has 4 heteroatoms. The van der Waals surface area contributed by atoms with Gasteiger partial charge in [-0.05, 0) is 41.8 Å². The van der Waals surface area contributed by atoms with Crippen molar-refractivity contribution in [3.63, 3.8) is 0 Å². The van der Waals surface area contributed by atoms with Crippen LogP contribution in [0.3, 0.4) is 0 Å². The van der Waals surface area contributed by atoms with E-state index in [2.05, 4.69) is 23.5 Å². The van der Waals surface area contributed by atoms with E-state index in [9.17, 15) is 4.79 Å². The molecule has 1 fully saturated rings. The van der Waals surface area contributed by atoms with Crippen molar-refractivity contribution in [1.82, 2.24) is 5.32 Å². The Kier molecular flexibility index (Phi) is 4.70. The molecule has 4 nitrogen and oxygen atoms in total. The molecule has 1 aliphatic rings. The van der Waals surface area contributed by atoms with Gasteiger partial charge in [-0.1, -0.05) is 24.3 Å². The summed E-state index contributed by atoms with van der Waals surface area (Å²) in [6.45, 7) is 2.36. The maximum absolute atomic E-state index is 11.7. The topological polar surface area (TPSA) is 56.1 Å². The molecule has 0 aliphatic carbocycles. The number of amides is 1. The highest BCUT2D eigenvalue weighted by Gasteiger charge is 2.21. The number of carbonyl (C=O) groups excluding carboxylic acids is 1. The minimum absolute atomic E-state index is 0.219. The van der Waals surface area contributed by atoms with Gasteiger partial charge in [0.2, 0.25) is 5.91 Å². The lowest BCUT2D eigenvalue weighted by atomic mass is 10.1. The van der Waals surface area contributed by atoms with Crippen molar-refractivity contribution in [2.45, 2.75) is 25.9 Å². The van der Waals surface area contributed by atoms with Crippen molar-refractivity contribution in [3.8, 4) is 6.07 Å². The first-order chi connectivity index (χ1) is 11.3. The van der Waals surface area contributed by atoms with Gasteiger partial charge in [-0.25, -0.2) is 0 Å². The predicted octanol–water partition coefficient (Wildman–Crippen LogP) is 2.97. The highest BCUT2D eigenvalue weighted by Crippen LogP contribution is 2.21. The number of nitrogens with zero attached hydrogens (tertiary/aromatic N) is 2. The molecule has 0 atom stereocenters. The minimum Gasteiger partial charge on any atom is -0.312 e. The number of anilines is 1. The number of benzene rings is 2. The van der Waals surface area contributed by atoms with Crippen LogP contribution in [-0.4, -0.2) is 12.5 Å². The first-order valence-corrected chi connectivity index (χ1v) is 7.85. The van der Waals surface area contributed by atoms with E-state index in [1.165, 1.54) is 5.56 Å². The van der Waals surface area contributed by atoms with Crippen LogP contribution >= 0.6 is 0 Å². The number of hydrogen-bond donors (Lipinski definition) is 1. The second kappa shape index (κ2) is 7.08. The van der Waals surface area contributed by atoms with Gasteiger partial charge in [-0.2, -0.15) is 5.26 Å². The molecule has 0 radical (unpaired) electrons. The molecule has 0 spiro atoms. The van der Waals surface area contributed by atoms with Crippen molar-refractivity contribution < 1.29 is 4.79 Å². The summed E-state index contributed by atoms with van der Waals surface area (Å²) in [6, 6.07) is 17.9. The second-order valence-electron chi connectivity index (χ2n) is 5.73. The zero-order chi connectivity index (χ0) is 16.1. The molecule has 0 bridgehead atoms. The molecule has 23 heavy (non-hydrogen) atoms. The monoisotopic (exact) mass is 305 g/mol. The van der Waals surface area contributed by atoms with Crippen molar-refractivity contribution in [2.24, 2.45) is 0 Å². The highest BCUT2D eigenvalue weighted by atomic mass is 16.2. The predicted molar refractivity (Wildman–Crippen MR) is 89.7 cm³/mol. The molecule has 0 saturated carbocycles. The van der Waals surface area contributed by atoms with E-state index >= 15 is 0 Å². The van der Waals surface area contributed by atoms with E-state index in [0.29, 0.717) is 12.0 Å². The third kappa shape index (κ3) is 3.77. The quantitative estimate of drug-likeness (QED) is 0.924. The molecule has 0 aromatic heterocycles. The smallest absolute Gasteiger partial charge is 0.227 e. The minimum atomic E-state index is 0.219. The highest BCUT2D eigenvalue weighted by molar-refractivity contribution is 5.95. The zero-order valence-electron chi connectivity index (χ0n) is 13.0. The Morgan fingerprint density at radius 3 is 2.13 bits per heavy atom. The standard InChI is InChI=1S/C19H19N3O/c20-12-15-3-5-16(6-4-15)13-21-14-17-7-9-18(10-8-17)22-11-1-2-19(22)23/h3-10,21H,1-2,11,13-14H2. The van der Waals surface area contributed by atoms with Gasteiger partial charge in [-0.3, -0.25) is 4.79 Å². The number of nitrogens with one attached hydrogen (secondary N) is 1. The van der Waals surface area contributed by atoms with Gasteiger partial charge in [0.05, 0.1) is 11.6 Å². The van der Waals surface area contributed by atoms with E-state index in [-0.39, 0.29) is 5.91 Å². The van der Waals surface area contributed by atoms with Gasteiger partial charge in [0, 0.05) is 31.7 Å². The molecule has 116 valence electrons. The van der Waals surface area contributed by atoms with E-state index in [4.69, 9.17) is 5.26 Å². The Morgan fingerprint density at radius 2 is 1.61 bits per heavy atom. The van der Waals surface area contributed by atoms with Crippen LogP contribution in [0.25, 0.3) is 0 Å². The van der Waals surface area contributed by atoms with Gasteiger partial charge in [0.15, 0.2) is 0 Å². The van der Waals surface area contributed by atoms with Crippen LogP contribution < -0.4 is 10.2 Å². The van der Waals surface area contributed by atoms with Crippen molar-refractivity contribution >= 4 is 11.6 Å². The Bertz CT molecular complexity index is 714. The van der Waals surface area contributed by atoms with Crippen LogP contribution in [0.4, 0.5) is 5.69 Å². The Hall–Kier alpha value is -2.64. The lowest BCUT2D eigenvalue weighted by Crippen LogP contribution is -2.23. The maximum atomic E-state index is 11.7. The van der Waals surface area contributed by atoms with E-state index < -0.39 is 0 Å². The molecule has 1 aliphatic heterocycles. The van der Waals surface area contributed by atoms with Crippen LogP contribution in [0.2, 0.25) is 0 Å². The van der Waals surface area contributed by atoms with Gasteiger partial charge in [0.1, 0.15) is 0 Å². The summed E-state index contributed by atoms with van der Waals surface area (Å²) < 4.78 is 0. The van der Waals surface area contributed by atoms with Crippen LogP contribution in [0.1, 0.15) is 29.5 Å². The SMILES string of the molecule is N#Cc1ccc(CNCc2ccc(N3CCCC3=O)cc2)cc1. The van der Waals surface area contributed by atoms with Gasteiger partial charge < -0.3 is 10.2 Å². The lowest BCUT2D eigenvalue weighted by Gasteiger charge is -2.16. The fourth-order valence-corrected chi connectivity index (χ4v) is 2.76.